The highest BCUT2D eigenvalue weighted by Gasteiger charge is 2.08. The number of nitrogens with one attached hydrogen (secondary N) is 1. The number of benzene rings is 2. The molecule has 0 spiro atoms. The van der Waals surface area contributed by atoms with E-state index in [2.05, 4.69) is 5.32 Å². The molecule has 0 aliphatic carbocycles. The minimum atomic E-state index is -0.00772. The number of hydrogen-bond donors (Lipinski definition) is 4. The van der Waals surface area contributed by atoms with E-state index in [0.29, 0.717) is 13.0 Å². The quantitative estimate of drug-likeness (QED) is 0.627. The molecule has 4 nitrogen and oxygen atoms in total. The second-order valence-electron chi connectivity index (χ2n) is 5.09. The molecule has 0 amide bonds. The lowest BCUT2D eigenvalue weighted by Crippen LogP contribution is -2.35. The van der Waals surface area contributed by atoms with Crippen LogP contribution in [0.3, 0.4) is 0 Å². The van der Waals surface area contributed by atoms with E-state index in [1.54, 1.807) is 12.1 Å². The molecule has 0 unspecified atom stereocenters. The van der Waals surface area contributed by atoms with Crippen LogP contribution in [0.2, 0.25) is 0 Å². The first-order valence-corrected chi connectivity index (χ1v) is 7.08. The lowest BCUT2D eigenvalue weighted by atomic mass is 10.1. The van der Waals surface area contributed by atoms with Crippen LogP contribution in [-0.4, -0.2) is 34.5 Å². The van der Waals surface area contributed by atoms with Crippen LogP contribution in [0, 0.1) is 0 Å². The fraction of sp³-hybridized carbons (Fsp3) is 0.294. The van der Waals surface area contributed by atoms with E-state index in [1.165, 1.54) is 11.6 Å². The van der Waals surface area contributed by atoms with Gasteiger partial charge in [-0.15, -0.1) is 0 Å². The van der Waals surface area contributed by atoms with Gasteiger partial charge in [-0.1, -0.05) is 36.4 Å². The maximum Gasteiger partial charge on any atom is 0.122 e. The van der Waals surface area contributed by atoms with E-state index < -0.39 is 0 Å². The average molecular weight is 287 g/mol. The molecule has 0 saturated carbocycles. The van der Waals surface area contributed by atoms with E-state index >= 15 is 0 Å². The van der Waals surface area contributed by atoms with Crippen molar-refractivity contribution in [2.45, 2.75) is 18.9 Å². The van der Waals surface area contributed by atoms with Crippen molar-refractivity contribution in [3.63, 3.8) is 0 Å². The molecule has 0 fully saturated rings. The predicted octanol–water partition coefficient (Wildman–Crippen LogP) is 1.83. The molecule has 0 aliphatic rings. The molecule has 2 rings (SSSR count). The van der Waals surface area contributed by atoms with Crippen molar-refractivity contribution in [2.75, 3.05) is 13.2 Å². The molecule has 0 aliphatic heterocycles. The fourth-order valence-corrected chi connectivity index (χ4v) is 2.27. The van der Waals surface area contributed by atoms with Crippen molar-refractivity contribution < 1.29 is 15.3 Å². The third-order valence-corrected chi connectivity index (χ3v) is 3.44. The lowest BCUT2D eigenvalue weighted by molar-refractivity contribution is 0.242. The topological polar surface area (TPSA) is 72.7 Å². The molecule has 2 aromatic carbocycles. The number of aromatic hydroxyl groups is 2. The summed E-state index contributed by atoms with van der Waals surface area (Å²) in [6.07, 6.45) is 1.40. The zero-order valence-electron chi connectivity index (χ0n) is 11.9. The Morgan fingerprint density at radius 3 is 2.43 bits per heavy atom. The van der Waals surface area contributed by atoms with Crippen molar-refractivity contribution in [1.82, 2.24) is 5.32 Å². The first-order chi connectivity index (χ1) is 10.2. The van der Waals surface area contributed by atoms with Crippen LogP contribution in [0.4, 0.5) is 0 Å². The Labute approximate surface area is 124 Å². The summed E-state index contributed by atoms with van der Waals surface area (Å²) in [5.41, 5.74) is 1.95. The summed E-state index contributed by atoms with van der Waals surface area (Å²) < 4.78 is 0. The molecular formula is C17H21NO3. The summed E-state index contributed by atoms with van der Waals surface area (Å²) in [6.45, 7) is 0.715. The van der Waals surface area contributed by atoms with Gasteiger partial charge in [-0.3, -0.25) is 0 Å². The van der Waals surface area contributed by atoms with Gasteiger partial charge < -0.3 is 20.6 Å². The van der Waals surface area contributed by atoms with Crippen LogP contribution in [-0.2, 0) is 12.8 Å². The van der Waals surface area contributed by atoms with Crippen LogP contribution in [0.1, 0.15) is 11.1 Å². The Morgan fingerprint density at radius 1 is 1.00 bits per heavy atom. The number of phenolic OH excluding ortho intramolecular Hbond substituents is 2. The first kappa shape index (κ1) is 15.4. The highest BCUT2D eigenvalue weighted by molar-refractivity contribution is 5.39. The summed E-state index contributed by atoms with van der Waals surface area (Å²) in [5, 5.41) is 31.7. The minimum absolute atomic E-state index is 0.00772. The summed E-state index contributed by atoms with van der Waals surface area (Å²) in [4.78, 5) is 0. The molecule has 112 valence electrons. The number of hydrogen-bond acceptors (Lipinski definition) is 4. The second kappa shape index (κ2) is 7.67. The van der Waals surface area contributed by atoms with E-state index in [1.807, 2.05) is 30.3 Å². The number of phenols is 2. The second-order valence-corrected chi connectivity index (χ2v) is 5.09. The Kier molecular flexibility index (Phi) is 5.60. The molecule has 2 aromatic rings. The van der Waals surface area contributed by atoms with Gasteiger partial charge in [-0.25, -0.2) is 0 Å². The highest BCUT2D eigenvalue weighted by Crippen LogP contribution is 2.22. The third kappa shape index (κ3) is 4.77. The van der Waals surface area contributed by atoms with E-state index in [4.69, 9.17) is 0 Å². The van der Waals surface area contributed by atoms with Crippen LogP contribution in [0.25, 0.3) is 0 Å². The normalized spacial score (nSPS) is 12.2. The van der Waals surface area contributed by atoms with Crippen molar-refractivity contribution >= 4 is 0 Å². The molecule has 1 atom stereocenters. The molecule has 0 saturated heterocycles. The van der Waals surface area contributed by atoms with Crippen LogP contribution >= 0.6 is 0 Å². The van der Waals surface area contributed by atoms with Crippen molar-refractivity contribution in [1.29, 1.82) is 0 Å². The summed E-state index contributed by atoms with van der Waals surface area (Å²) >= 11 is 0. The van der Waals surface area contributed by atoms with Gasteiger partial charge >= 0.3 is 0 Å². The maximum atomic E-state index is 9.71. The summed E-state index contributed by atoms with van der Waals surface area (Å²) in [6, 6.07) is 14.6. The van der Waals surface area contributed by atoms with Crippen LogP contribution < -0.4 is 5.32 Å². The Bertz CT molecular complexity index is 557. The Morgan fingerprint density at radius 2 is 1.76 bits per heavy atom. The van der Waals surface area contributed by atoms with Crippen molar-refractivity contribution in [2.24, 2.45) is 0 Å². The molecular weight excluding hydrogens is 266 g/mol. The fourth-order valence-electron chi connectivity index (χ4n) is 2.27. The minimum Gasteiger partial charge on any atom is -0.508 e. The van der Waals surface area contributed by atoms with Gasteiger partial charge in [-0.05, 0) is 36.6 Å². The van der Waals surface area contributed by atoms with Gasteiger partial charge in [0.05, 0.1) is 6.61 Å². The SMILES string of the molecule is OC[C@H](Cc1ccccc1)NCCc1ccc(O)cc1O. The van der Waals surface area contributed by atoms with Gasteiger partial charge in [0.15, 0.2) is 0 Å². The van der Waals surface area contributed by atoms with Gasteiger partial charge in [0.1, 0.15) is 11.5 Å². The highest BCUT2D eigenvalue weighted by atomic mass is 16.3. The number of rotatable bonds is 7. The van der Waals surface area contributed by atoms with Gasteiger partial charge in [0.2, 0.25) is 0 Å². The van der Waals surface area contributed by atoms with Crippen LogP contribution in [0.15, 0.2) is 48.5 Å². The monoisotopic (exact) mass is 287 g/mol. The number of aliphatic hydroxyl groups is 1. The van der Waals surface area contributed by atoms with Crippen molar-refractivity contribution in [3.8, 4) is 11.5 Å². The largest absolute Gasteiger partial charge is 0.508 e. The molecule has 0 radical (unpaired) electrons. The van der Waals surface area contributed by atoms with Gasteiger partial charge in [0.25, 0.3) is 0 Å². The van der Waals surface area contributed by atoms with E-state index in [-0.39, 0.29) is 24.1 Å². The number of aliphatic hydroxyl groups excluding tert-OH is 1. The van der Waals surface area contributed by atoms with E-state index in [0.717, 1.165) is 12.0 Å². The zero-order valence-corrected chi connectivity index (χ0v) is 11.9. The lowest BCUT2D eigenvalue weighted by Gasteiger charge is -2.16. The molecule has 21 heavy (non-hydrogen) atoms. The Hall–Kier alpha value is -2.04. The molecule has 0 aromatic heterocycles. The third-order valence-electron chi connectivity index (χ3n) is 3.44. The molecule has 0 heterocycles. The average Bonchev–Trinajstić information content (AvgIpc) is 2.49. The maximum absolute atomic E-state index is 9.71. The smallest absolute Gasteiger partial charge is 0.122 e. The summed E-state index contributed by atoms with van der Waals surface area (Å²) in [7, 11) is 0. The molecule has 4 heteroatoms. The first-order valence-electron chi connectivity index (χ1n) is 7.08. The van der Waals surface area contributed by atoms with E-state index in [9.17, 15) is 15.3 Å². The van der Waals surface area contributed by atoms with Gasteiger partial charge in [0, 0.05) is 12.1 Å². The molecule has 4 N–H and O–H groups in total. The predicted molar refractivity (Wildman–Crippen MR) is 82.5 cm³/mol. The standard InChI is InChI=1S/C17H21NO3/c19-12-15(10-13-4-2-1-3-5-13)18-9-8-14-6-7-16(20)11-17(14)21/h1-7,11,15,18-21H,8-10,12H2/t15-/m0/s1. The van der Waals surface area contributed by atoms with Gasteiger partial charge in [-0.2, -0.15) is 0 Å². The summed E-state index contributed by atoms with van der Waals surface area (Å²) in [5.74, 6) is 0.155. The van der Waals surface area contributed by atoms with Crippen LogP contribution in [0.5, 0.6) is 11.5 Å². The Balaban J connectivity index is 1.83. The zero-order chi connectivity index (χ0) is 15.1. The van der Waals surface area contributed by atoms with Crippen molar-refractivity contribution in [3.05, 3.63) is 59.7 Å². The molecule has 0 bridgehead atoms.